The fourth-order valence-corrected chi connectivity index (χ4v) is 3.33. The Kier molecular flexibility index (Phi) is 5.49. The molecular formula is C16H16N2O4S2. The molecule has 2 saturated heterocycles. The van der Waals surface area contributed by atoms with E-state index >= 15 is 0 Å². The van der Waals surface area contributed by atoms with Gasteiger partial charge in [-0.2, -0.15) is 0 Å². The molecule has 0 unspecified atom stereocenters. The number of benzene rings is 1. The maximum Gasteiger partial charge on any atom is 0.263 e. The summed E-state index contributed by atoms with van der Waals surface area (Å²) in [4.78, 5) is 25.9. The van der Waals surface area contributed by atoms with Gasteiger partial charge in [0.15, 0.2) is 6.61 Å². The Morgan fingerprint density at radius 2 is 2.04 bits per heavy atom. The molecule has 2 fully saturated rings. The molecule has 1 aromatic carbocycles. The average molecular weight is 364 g/mol. The number of morpholine rings is 1. The molecule has 2 heterocycles. The lowest BCUT2D eigenvalue weighted by Crippen LogP contribution is -2.42. The van der Waals surface area contributed by atoms with E-state index in [2.05, 4.69) is 5.32 Å². The van der Waals surface area contributed by atoms with E-state index in [0.29, 0.717) is 41.3 Å². The number of ether oxygens (including phenoxy) is 2. The second-order valence-electron chi connectivity index (χ2n) is 5.20. The van der Waals surface area contributed by atoms with Crippen molar-refractivity contribution in [3.8, 4) is 5.75 Å². The highest BCUT2D eigenvalue weighted by atomic mass is 32.2. The van der Waals surface area contributed by atoms with Gasteiger partial charge in [0.1, 0.15) is 10.1 Å². The number of thioether (sulfide) groups is 1. The highest BCUT2D eigenvalue weighted by molar-refractivity contribution is 8.26. The fourth-order valence-electron chi connectivity index (χ4n) is 2.28. The largest absolute Gasteiger partial charge is 0.484 e. The van der Waals surface area contributed by atoms with Crippen LogP contribution in [0.2, 0.25) is 0 Å². The van der Waals surface area contributed by atoms with Crippen molar-refractivity contribution in [3.63, 3.8) is 0 Å². The lowest BCUT2D eigenvalue weighted by Gasteiger charge is -2.26. The minimum atomic E-state index is -0.179. The first-order valence-corrected chi connectivity index (χ1v) is 8.67. The molecule has 1 N–H and O–H groups in total. The van der Waals surface area contributed by atoms with Gasteiger partial charge in [-0.1, -0.05) is 36.1 Å². The number of hydrogen-bond donors (Lipinski definition) is 1. The number of amides is 2. The molecule has 2 amide bonds. The van der Waals surface area contributed by atoms with E-state index in [0.717, 1.165) is 5.56 Å². The molecule has 1 aromatic rings. The first-order chi connectivity index (χ1) is 11.6. The van der Waals surface area contributed by atoms with E-state index in [9.17, 15) is 9.59 Å². The van der Waals surface area contributed by atoms with Crippen LogP contribution in [-0.4, -0.2) is 53.9 Å². The second-order valence-corrected chi connectivity index (χ2v) is 6.92. The van der Waals surface area contributed by atoms with Gasteiger partial charge in [-0.25, -0.2) is 0 Å². The summed E-state index contributed by atoms with van der Waals surface area (Å²) in [6, 6.07) is 7.21. The predicted molar refractivity (Wildman–Crippen MR) is 95.6 cm³/mol. The summed E-state index contributed by atoms with van der Waals surface area (Å²) in [5, 5.41) is 2.57. The van der Waals surface area contributed by atoms with Gasteiger partial charge in [0.05, 0.1) is 18.1 Å². The minimum absolute atomic E-state index is 0.00691. The van der Waals surface area contributed by atoms with Crippen molar-refractivity contribution in [1.29, 1.82) is 0 Å². The molecule has 2 aliphatic rings. The van der Waals surface area contributed by atoms with Crippen LogP contribution in [0.1, 0.15) is 5.56 Å². The Morgan fingerprint density at radius 3 is 2.67 bits per heavy atom. The van der Waals surface area contributed by atoms with Gasteiger partial charge >= 0.3 is 0 Å². The number of nitrogens with zero attached hydrogens (tertiary/aromatic N) is 1. The fraction of sp³-hybridized carbons (Fsp3) is 0.312. The topological polar surface area (TPSA) is 67.9 Å². The van der Waals surface area contributed by atoms with Gasteiger partial charge < -0.3 is 19.7 Å². The van der Waals surface area contributed by atoms with Crippen LogP contribution in [0.5, 0.6) is 5.75 Å². The van der Waals surface area contributed by atoms with Crippen LogP contribution in [0.4, 0.5) is 0 Å². The Bertz CT molecular complexity index is 682. The maximum atomic E-state index is 12.0. The third-order valence-corrected chi connectivity index (χ3v) is 4.71. The van der Waals surface area contributed by atoms with E-state index in [-0.39, 0.29) is 18.4 Å². The van der Waals surface area contributed by atoms with E-state index in [4.69, 9.17) is 21.7 Å². The van der Waals surface area contributed by atoms with Gasteiger partial charge in [-0.3, -0.25) is 9.59 Å². The van der Waals surface area contributed by atoms with Crippen LogP contribution >= 0.6 is 24.0 Å². The lowest BCUT2D eigenvalue weighted by molar-refractivity contribution is -0.137. The average Bonchev–Trinajstić information content (AvgIpc) is 2.92. The monoisotopic (exact) mass is 364 g/mol. The van der Waals surface area contributed by atoms with Crippen LogP contribution in [-0.2, 0) is 14.3 Å². The highest BCUT2D eigenvalue weighted by Crippen LogP contribution is 2.26. The zero-order valence-electron chi connectivity index (χ0n) is 12.8. The smallest absolute Gasteiger partial charge is 0.263 e. The molecule has 8 heteroatoms. The molecule has 6 nitrogen and oxygen atoms in total. The summed E-state index contributed by atoms with van der Waals surface area (Å²) in [5.41, 5.74) is 0.865. The minimum Gasteiger partial charge on any atom is -0.484 e. The first kappa shape index (κ1) is 16.9. The van der Waals surface area contributed by atoms with Crippen molar-refractivity contribution in [3.05, 3.63) is 34.7 Å². The maximum absolute atomic E-state index is 12.0. The normalized spacial score (nSPS) is 19.5. The number of rotatable bonds is 4. The number of carbonyl (C=O) groups is 2. The summed E-state index contributed by atoms with van der Waals surface area (Å²) >= 11 is 6.19. The van der Waals surface area contributed by atoms with Crippen molar-refractivity contribution >= 4 is 46.2 Å². The number of carbonyl (C=O) groups excluding carboxylic acids is 2. The molecule has 24 heavy (non-hydrogen) atoms. The number of nitrogens with one attached hydrogen (secondary N) is 1. The SMILES string of the molecule is O=C1NC(=S)S/C1=C\c1ccc(OCC(=O)N2CCOCC2)cc1. The molecule has 126 valence electrons. The van der Waals surface area contributed by atoms with Crippen LogP contribution in [0.25, 0.3) is 6.08 Å². The standard InChI is InChI=1S/C16H16N2O4S2/c19-14(18-5-7-21-8-6-18)10-22-12-3-1-11(2-4-12)9-13-15(20)17-16(23)24-13/h1-4,9H,5-8,10H2,(H,17,20,23)/b13-9-. The second kappa shape index (κ2) is 7.78. The van der Waals surface area contributed by atoms with E-state index in [1.807, 2.05) is 12.1 Å². The first-order valence-electron chi connectivity index (χ1n) is 7.45. The van der Waals surface area contributed by atoms with Crippen LogP contribution in [0.3, 0.4) is 0 Å². The quantitative estimate of drug-likeness (QED) is 0.644. The third-order valence-electron chi connectivity index (χ3n) is 3.55. The molecule has 3 rings (SSSR count). The molecule has 0 saturated carbocycles. The van der Waals surface area contributed by atoms with E-state index in [1.54, 1.807) is 23.1 Å². The van der Waals surface area contributed by atoms with Crippen LogP contribution in [0, 0.1) is 0 Å². The summed E-state index contributed by atoms with van der Waals surface area (Å²) in [7, 11) is 0. The zero-order chi connectivity index (χ0) is 16.9. The van der Waals surface area contributed by atoms with Crippen LogP contribution < -0.4 is 10.1 Å². The lowest BCUT2D eigenvalue weighted by atomic mass is 10.2. The molecule has 0 spiro atoms. The Balaban J connectivity index is 1.55. The summed E-state index contributed by atoms with van der Waals surface area (Å²) in [6.45, 7) is 2.37. The van der Waals surface area contributed by atoms with Crippen molar-refractivity contribution in [2.75, 3.05) is 32.9 Å². The predicted octanol–water partition coefficient (Wildman–Crippen LogP) is 1.41. The summed E-state index contributed by atoms with van der Waals surface area (Å²) < 4.78 is 11.2. The van der Waals surface area contributed by atoms with Crippen molar-refractivity contribution < 1.29 is 19.1 Å². The number of thiocarbonyl (C=S) groups is 1. The van der Waals surface area contributed by atoms with Gasteiger partial charge in [0.25, 0.3) is 11.8 Å². The summed E-state index contributed by atoms with van der Waals surface area (Å²) in [6.07, 6.45) is 1.77. The molecule has 0 radical (unpaired) electrons. The van der Waals surface area contributed by atoms with Crippen molar-refractivity contribution in [2.24, 2.45) is 0 Å². The molecule has 2 aliphatic heterocycles. The third kappa shape index (κ3) is 4.34. The molecule has 0 aliphatic carbocycles. The van der Waals surface area contributed by atoms with Gasteiger partial charge in [-0.05, 0) is 23.8 Å². The zero-order valence-corrected chi connectivity index (χ0v) is 14.5. The summed E-state index contributed by atoms with van der Waals surface area (Å²) in [5.74, 6) is 0.385. The number of hydrogen-bond acceptors (Lipinski definition) is 6. The van der Waals surface area contributed by atoms with Gasteiger partial charge in [0, 0.05) is 13.1 Å². The molecule has 0 bridgehead atoms. The Hall–Kier alpha value is -1.90. The highest BCUT2D eigenvalue weighted by Gasteiger charge is 2.22. The molecular weight excluding hydrogens is 348 g/mol. The van der Waals surface area contributed by atoms with Gasteiger partial charge in [0.2, 0.25) is 0 Å². The Morgan fingerprint density at radius 1 is 1.33 bits per heavy atom. The van der Waals surface area contributed by atoms with Crippen LogP contribution in [0.15, 0.2) is 29.2 Å². The van der Waals surface area contributed by atoms with Crippen molar-refractivity contribution in [2.45, 2.75) is 0 Å². The molecule has 0 atom stereocenters. The van der Waals surface area contributed by atoms with E-state index < -0.39 is 0 Å². The molecule has 0 aromatic heterocycles. The Labute approximate surface area is 149 Å². The van der Waals surface area contributed by atoms with Crippen molar-refractivity contribution in [1.82, 2.24) is 10.2 Å². The van der Waals surface area contributed by atoms with Gasteiger partial charge in [-0.15, -0.1) is 0 Å². The van der Waals surface area contributed by atoms with E-state index in [1.165, 1.54) is 11.8 Å².